The number of guanidine groups is 1. The van der Waals surface area contributed by atoms with Crippen LogP contribution in [0.15, 0.2) is 4.99 Å². The Morgan fingerprint density at radius 2 is 1.72 bits per heavy atom. The third-order valence-electron chi connectivity index (χ3n) is 4.99. The lowest BCUT2D eigenvalue weighted by molar-refractivity contribution is -0.127. The molecule has 1 saturated carbocycles. The number of amides is 1. The van der Waals surface area contributed by atoms with Gasteiger partial charge in [-0.1, -0.05) is 19.3 Å². The maximum absolute atomic E-state index is 11.8. The van der Waals surface area contributed by atoms with E-state index in [2.05, 4.69) is 34.0 Å². The number of aliphatic imine (C=N–C) groups is 1. The van der Waals surface area contributed by atoms with E-state index in [0.717, 1.165) is 38.2 Å². The summed E-state index contributed by atoms with van der Waals surface area (Å²) in [6.07, 6.45) is 6.91. The minimum atomic E-state index is 0. The van der Waals surface area contributed by atoms with Gasteiger partial charge < -0.3 is 15.1 Å². The zero-order chi connectivity index (χ0) is 17.5. The van der Waals surface area contributed by atoms with Crippen LogP contribution in [0.4, 0.5) is 0 Å². The van der Waals surface area contributed by atoms with E-state index in [1.807, 2.05) is 0 Å². The quantitative estimate of drug-likeness (QED) is 0.392. The van der Waals surface area contributed by atoms with Crippen LogP contribution in [-0.2, 0) is 4.79 Å². The normalized spacial score (nSPS) is 20.4. The zero-order valence-electron chi connectivity index (χ0n) is 16.3. The third-order valence-corrected chi connectivity index (χ3v) is 4.99. The number of hydrogen-bond donors (Lipinski definition) is 1. The lowest BCUT2D eigenvalue weighted by atomic mass is 9.94. The van der Waals surface area contributed by atoms with Crippen LogP contribution >= 0.6 is 24.0 Å². The number of nitrogens with zero attached hydrogens (tertiary/aromatic N) is 4. The van der Waals surface area contributed by atoms with Crippen molar-refractivity contribution in [1.82, 2.24) is 20.0 Å². The van der Waals surface area contributed by atoms with Crippen molar-refractivity contribution in [3.8, 4) is 0 Å². The second-order valence-electron chi connectivity index (χ2n) is 7.54. The van der Waals surface area contributed by atoms with Gasteiger partial charge in [-0.05, 0) is 26.7 Å². The number of hydrogen-bond acceptors (Lipinski definition) is 3. The fraction of sp³-hybridized carbons (Fsp3) is 0.889. The molecular formula is C18H36IN5O. The molecule has 0 aromatic heterocycles. The summed E-state index contributed by atoms with van der Waals surface area (Å²) in [5.41, 5.74) is 0. The molecule has 1 aliphatic heterocycles. The molecule has 1 heterocycles. The van der Waals surface area contributed by atoms with Gasteiger partial charge in [-0.25, -0.2) is 4.99 Å². The maximum atomic E-state index is 11.8. The van der Waals surface area contributed by atoms with Gasteiger partial charge in [0.1, 0.15) is 6.54 Å². The predicted molar refractivity (Wildman–Crippen MR) is 115 cm³/mol. The molecule has 146 valence electrons. The molecule has 2 fully saturated rings. The summed E-state index contributed by atoms with van der Waals surface area (Å²) in [6, 6.07) is 1.10. The van der Waals surface area contributed by atoms with Crippen LogP contribution < -0.4 is 5.32 Å². The number of likely N-dealkylation sites (N-methyl/N-ethyl adjacent to an activating group) is 1. The number of rotatable bonds is 4. The summed E-state index contributed by atoms with van der Waals surface area (Å²) in [4.78, 5) is 23.0. The molecule has 6 nitrogen and oxygen atoms in total. The SMILES string of the molecule is CC(C)NC(=NCC(=O)N(C)C)N1CCN(C2CCCCC2)CC1.I. The number of carbonyl (C=O) groups is 1. The van der Waals surface area contributed by atoms with Crippen molar-refractivity contribution >= 4 is 35.8 Å². The Balaban J connectivity index is 0.00000312. The first-order chi connectivity index (χ1) is 11.5. The molecule has 1 aliphatic carbocycles. The van der Waals surface area contributed by atoms with E-state index in [4.69, 9.17) is 0 Å². The molecule has 1 saturated heterocycles. The average Bonchev–Trinajstić information content (AvgIpc) is 2.59. The smallest absolute Gasteiger partial charge is 0.243 e. The van der Waals surface area contributed by atoms with E-state index >= 15 is 0 Å². The van der Waals surface area contributed by atoms with E-state index in [1.54, 1.807) is 19.0 Å². The molecule has 0 atom stereocenters. The van der Waals surface area contributed by atoms with Crippen molar-refractivity contribution in [3.05, 3.63) is 0 Å². The molecule has 7 heteroatoms. The highest BCUT2D eigenvalue weighted by Crippen LogP contribution is 2.23. The lowest BCUT2D eigenvalue weighted by Crippen LogP contribution is -2.56. The minimum Gasteiger partial charge on any atom is -0.354 e. The zero-order valence-corrected chi connectivity index (χ0v) is 18.7. The van der Waals surface area contributed by atoms with Crippen LogP contribution in [-0.4, -0.2) is 85.5 Å². The van der Waals surface area contributed by atoms with Crippen molar-refractivity contribution in [3.63, 3.8) is 0 Å². The summed E-state index contributed by atoms with van der Waals surface area (Å²) in [5, 5.41) is 3.42. The van der Waals surface area contributed by atoms with Crippen LogP contribution in [0.25, 0.3) is 0 Å². The first kappa shape index (κ1) is 22.5. The summed E-state index contributed by atoms with van der Waals surface area (Å²) in [7, 11) is 3.55. The molecule has 2 rings (SSSR count). The fourth-order valence-electron chi connectivity index (χ4n) is 3.52. The van der Waals surface area contributed by atoms with Crippen molar-refractivity contribution < 1.29 is 4.79 Å². The van der Waals surface area contributed by atoms with Crippen LogP contribution in [0, 0.1) is 0 Å². The Morgan fingerprint density at radius 3 is 2.24 bits per heavy atom. The second kappa shape index (κ2) is 11.2. The van der Waals surface area contributed by atoms with Crippen molar-refractivity contribution in [2.24, 2.45) is 4.99 Å². The molecule has 1 amide bonds. The third kappa shape index (κ3) is 7.29. The monoisotopic (exact) mass is 465 g/mol. The van der Waals surface area contributed by atoms with Gasteiger partial charge in [0.05, 0.1) is 0 Å². The van der Waals surface area contributed by atoms with Crippen LogP contribution in [0.1, 0.15) is 46.0 Å². The van der Waals surface area contributed by atoms with Crippen molar-refractivity contribution in [2.45, 2.75) is 58.0 Å². The highest BCUT2D eigenvalue weighted by Gasteiger charge is 2.26. The van der Waals surface area contributed by atoms with E-state index in [9.17, 15) is 4.79 Å². The highest BCUT2D eigenvalue weighted by molar-refractivity contribution is 14.0. The van der Waals surface area contributed by atoms with Gasteiger partial charge in [0.25, 0.3) is 0 Å². The topological polar surface area (TPSA) is 51.2 Å². The van der Waals surface area contributed by atoms with Gasteiger partial charge in [0.15, 0.2) is 5.96 Å². The molecule has 1 N–H and O–H groups in total. The van der Waals surface area contributed by atoms with E-state index in [-0.39, 0.29) is 36.4 Å². The van der Waals surface area contributed by atoms with Crippen molar-refractivity contribution in [2.75, 3.05) is 46.8 Å². The predicted octanol–water partition coefficient (Wildman–Crippen LogP) is 2.00. The molecule has 0 aromatic rings. The molecule has 0 bridgehead atoms. The molecule has 0 aromatic carbocycles. The number of nitrogens with one attached hydrogen (secondary N) is 1. The van der Waals surface area contributed by atoms with Gasteiger partial charge >= 0.3 is 0 Å². The first-order valence-corrected chi connectivity index (χ1v) is 9.47. The minimum absolute atomic E-state index is 0. The molecule has 2 aliphatic rings. The molecule has 25 heavy (non-hydrogen) atoms. The molecular weight excluding hydrogens is 429 g/mol. The molecule has 0 spiro atoms. The van der Waals surface area contributed by atoms with Crippen molar-refractivity contribution in [1.29, 1.82) is 0 Å². The Morgan fingerprint density at radius 1 is 1.12 bits per heavy atom. The number of piperazine rings is 1. The maximum Gasteiger partial charge on any atom is 0.243 e. The van der Waals surface area contributed by atoms with E-state index in [1.165, 1.54) is 32.1 Å². The summed E-state index contributed by atoms with van der Waals surface area (Å²) < 4.78 is 0. The van der Waals surface area contributed by atoms with Crippen LogP contribution in [0.5, 0.6) is 0 Å². The van der Waals surface area contributed by atoms with Gasteiger partial charge in [0, 0.05) is 52.4 Å². The summed E-state index contributed by atoms with van der Waals surface area (Å²) in [6.45, 7) is 8.63. The molecule has 0 radical (unpaired) electrons. The van der Waals surface area contributed by atoms with Gasteiger partial charge in [0.2, 0.25) is 5.91 Å². The lowest BCUT2D eigenvalue weighted by Gasteiger charge is -2.42. The van der Waals surface area contributed by atoms with E-state index < -0.39 is 0 Å². The summed E-state index contributed by atoms with van der Waals surface area (Å²) in [5.74, 6) is 0.919. The Labute approximate surface area is 170 Å². The average molecular weight is 465 g/mol. The number of carbonyl (C=O) groups excluding carboxylic acids is 1. The van der Waals surface area contributed by atoms with Gasteiger partial charge in [-0.2, -0.15) is 0 Å². The highest BCUT2D eigenvalue weighted by atomic mass is 127. The Bertz CT molecular complexity index is 427. The largest absolute Gasteiger partial charge is 0.354 e. The summed E-state index contributed by atoms with van der Waals surface area (Å²) >= 11 is 0. The Hall–Kier alpha value is -0.570. The fourth-order valence-corrected chi connectivity index (χ4v) is 3.52. The Kier molecular flexibility index (Phi) is 10.1. The number of halogens is 1. The standard InChI is InChI=1S/C18H35N5O.HI/c1-15(2)20-18(19-14-17(24)21(3)4)23-12-10-22(11-13-23)16-8-6-5-7-9-16;/h15-16H,5-14H2,1-4H3,(H,19,20);1H. The van der Waals surface area contributed by atoms with Gasteiger partial charge in [-0.15, -0.1) is 24.0 Å². The van der Waals surface area contributed by atoms with Crippen LogP contribution in [0.2, 0.25) is 0 Å². The van der Waals surface area contributed by atoms with Gasteiger partial charge in [-0.3, -0.25) is 9.69 Å². The van der Waals surface area contributed by atoms with E-state index in [0.29, 0.717) is 6.04 Å². The first-order valence-electron chi connectivity index (χ1n) is 9.47. The second-order valence-corrected chi connectivity index (χ2v) is 7.54. The molecule has 0 unspecified atom stereocenters. The van der Waals surface area contributed by atoms with Crippen LogP contribution in [0.3, 0.4) is 0 Å².